The van der Waals surface area contributed by atoms with Gasteiger partial charge in [0.05, 0.1) is 11.3 Å². The Morgan fingerprint density at radius 3 is 2.80 bits per heavy atom. The minimum atomic E-state index is 0.716. The number of nitriles is 1. The van der Waals surface area contributed by atoms with Crippen molar-refractivity contribution in [3.63, 3.8) is 0 Å². The second-order valence-electron chi connectivity index (χ2n) is 4.15. The van der Waals surface area contributed by atoms with Gasteiger partial charge in [0.25, 0.3) is 0 Å². The first-order valence-corrected chi connectivity index (χ1v) is 6.89. The van der Waals surface area contributed by atoms with E-state index in [9.17, 15) is 0 Å². The van der Waals surface area contributed by atoms with E-state index in [0.29, 0.717) is 5.56 Å². The summed E-state index contributed by atoms with van der Waals surface area (Å²) in [7, 11) is 0. The maximum Gasteiger partial charge on any atom is 0.138 e. The van der Waals surface area contributed by atoms with Gasteiger partial charge >= 0.3 is 0 Å². The number of thiophene rings is 1. The van der Waals surface area contributed by atoms with Crippen molar-refractivity contribution in [3.05, 3.63) is 58.8 Å². The van der Waals surface area contributed by atoms with Crippen molar-refractivity contribution in [1.82, 2.24) is 14.8 Å². The van der Waals surface area contributed by atoms with Crippen LogP contribution in [0, 0.1) is 11.3 Å². The fourth-order valence-electron chi connectivity index (χ4n) is 1.79. The monoisotopic (exact) mass is 281 g/mol. The molecule has 0 spiro atoms. The summed E-state index contributed by atoms with van der Waals surface area (Å²) in [6, 6.07) is 12.0. The molecule has 6 heteroatoms. The lowest BCUT2D eigenvalue weighted by Crippen LogP contribution is -1.98. The van der Waals surface area contributed by atoms with Gasteiger partial charge in [0.1, 0.15) is 18.7 Å². The van der Waals surface area contributed by atoms with Gasteiger partial charge in [-0.15, -0.1) is 11.3 Å². The molecule has 0 amide bonds. The quantitative estimate of drug-likeness (QED) is 0.798. The van der Waals surface area contributed by atoms with Gasteiger partial charge in [-0.3, -0.25) is 0 Å². The van der Waals surface area contributed by atoms with Gasteiger partial charge in [-0.1, -0.05) is 0 Å². The topological polar surface area (TPSA) is 66.5 Å². The molecule has 1 N–H and O–H groups in total. The molecule has 0 aliphatic heterocycles. The standard InChI is InChI=1S/C14H11N5S/c15-6-11-5-14(20-8-11)7-17-12-1-3-13(4-2-12)19-10-16-9-18-19/h1-5,8-10,17H,7H2. The largest absolute Gasteiger partial charge is 0.380 e. The molecule has 20 heavy (non-hydrogen) atoms. The molecule has 0 saturated heterocycles. The van der Waals surface area contributed by atoms with Gasteiger partial charge < -0.3 is 5.32 Å². The Hall–Kier alpha value is -2.65. The first kappa shape index (κ1) is 12.4. The zero-order chi connectivity index (χ0) is 13.8. The van der Waals surface area contributed by atoms with E-state index in [2.05, 4.69) is 21.5 Å². The highest BCUT2D eigenvalue weighted by molar-refractivity contribution is 7.10. The molecule has 0 bridgehead atoms. The molecule has 0 radical (unpaired) electrons. The third-order valence-electron chi connectivity index (χ3n) is 2.80. The number of rotatable bonds is 4. The average Bonchev–Trinajstić information content (AvgIpc) is 3.17. The van der Waals surface area contributed by atoms with E-state index in [1.165, 1.54) is 6.33 Å². The van der Waals surface area contributed by atoms with Crippen molar-refractivity contribution in [2.75, 3.05) is 5.32 Å². The van der Waals surface area contributed by atoms with Crippen molar-refractivity contribution < 1.29 is 0 Å². The minimum absolute atomic E-state index is 0.716. The van der Waals surface area contributed by atoms with Gasteiger partial charge in [0.2, 0.25) is 0 Å². The van der Waals surface area contributed by atoms with Crippen LogP contribution in [0.15, 0.2) is 48.4 Å². The van der Waals surface area contributed by atoms with Crippen molar-refractivity contribution >= 4 is 17.0 Å². The number of hydrogen-bond acceptors (Lipinski definition) is 5. The molecule has 0 aliphatic carbocycles. The summed E-state index contributed by atoms with van der Waals surface area (Å²) >= 11 is 1.59. The number of nitrogens with zero attached hydrogens (tertiary/aromatic N) is 4. The van der Waals surface area contributed by atoms with Crippen LogP contribution in [0.2, 0.25) is 0 Å². The third kappa shape index (κ3) is 2.68. The van der Waals surface area contributed by atoms with Crippen LogP contribution in [0.3, 0.4) is 0 Å². The van der Waals surface area contributed by atoms with Gasteiger partial charge in [-0.05, 0) is 30.3 Å². The fraction of sp³-hybridized carbons (Fsp3) is 0.0714. The van der Waals surface area contributed by atoms with E-state index in [1.54, 1.807) is 22.3 Å². The lowest BCUT2D eigenvalue weighted by Gasteiger charge is -2.06. The zero-order valence-electron chi connectivity index (χ0n) is 10.5. The van der Waals surface area contributed by atoms with E-state index in [0.717, 1.165) is 22.8 Å². The van der Waals surface area contributed by atoms with Crippen LogP contribution < -0.4 is 5.32 Å². The second kappa shape index (κ2) is 5.55. The highest BCUT2D eigenvalue weighted by atomic mass is 32.1. The molecule has 2 heterocycles. The van der Waals surface area contributed by atoms with Crippen LogP contribution in [0.1, 0.15) is 10.4 Å². The number of anilines is 1. The van der Waals surface area contributed by atoms with Gasteiger partial charge in [-0.25, -0.2) is 9.67 Å². The Morgan fingerprint density at radius 1 is 1.30 bits per heavy atom. The number of benzene rings is 1. The first-order chi connectivity index (χ1) is 9.85. The number of nitrogens with one attached hydrogen (secondary N) is 1. The van der Waals surface area contributed by atoms with Crippen LogP contribution in [-0.4, -0.2) is 14.8 Å². The Kier molecular flexibility index (Phi) is 3.44. The molecule has 2 aromatic heterocycles. The second-order valence-corrected chi connectivity index (χ2v) is 5.15. The molecule has 0 unspecified atom stereocenters. The Morgan fingerprint density at radius 2 is 2.15 bits per heavy atom. The van der Waals surface area contributed by atoms with E-state index < -0.39 is 0 Å². The van der Waals surface area contributed by atoms with E-state index >= 15 is 0 Å². The zero-order valence-corrected chi connectivity index (χ0v) is 11.3. The SMILES string of the molecule is N#Cc1csc(CNc2ccc(-n3cncn3)cc2)c1. The first-order valence-electron chi connectivity index (χ1n) is 6.01. The number of hydrogen-bond donors (Lipinski definition) is 1. The Balaban J connectivity index is 1.65. The van der Waals surface area contributed by atoms with Crippen molar-refractivity contribution in [1.29, 1.82) is 5.26 Å². The summed E-state index contributed by atoms with van der Waals surface area (Å²) < 4.78 is 1.71. The molecular formula is C14H11N5S. The van der Waals surface area contributed by atoms with Gasteiger partial charge in [0.15, 0.2) is 0 Å². The molecule has 3 rings (SSSR count). The molecular weight excluding hydrogens is 270 g/mol. The molecule has 0 fully saturated rings. The summed E-state index contributed by atoms with van der Waals surface area (Å²) in [5.41, 5.74) is 2.71. The maximum atomic E-state index is 8.78. The molecule has 5 nitrogen and oxygen atoms in total. The highest BCUT2D eigenvalue weighted by Crippen LogP contribution is 2.17. The van der Waals surface area contributed by atoms with Crippen molar-refractivity contribution in [2.45, 2.75) is 6.54 Å². The highest BCUT2D eigenvalue weighted by Gasteiger charge is 2.00. The lowest BCUT2D eigenvalue weighted by molar-refractivity contribution is 0.879. The van der Waals surface area contributed by atoms with Crippen molar-refractivity contribution in [3.8, 4) is 11.8 Å². The van der Waals surface area contributed by atoms with Crippen molar-refractivity contribution in [2.24, 2.45) is 0 Å². The maximum absolute atomic E-state index is 8.78. The van der Waals surface area contributed by atoms with Gasteiger partial charge in [-0.2, -0.15) is 10.4 Å². The predicted octanol–water partition coefficient (Wildman–Crippen LogP) is 2.81. The summed E-state index contributed by atoms with van der Waals surface area (Å²) in [4.78, 5) is 5.06. The van der Waals surface area contributed by atoms with Crippen LogP contribution in [0.25, 0.3) is 5.69 Å². The normalized spacial score (nSPS) is 10.2. The Bertz CT molecular complexity index is 722. The van der Waals surface area contributed by atoms with E-state index in [1.807, 2.05) is 35.7 Å². The smallest absolute Gasteiger partial charge is 0.138 e. The molecule has 1 aromatic carbocycles. The van der Waals surface area contributed by atoms with E-state index in [4.69, 9.17) is 5.26 Å². The number of aromatic nitrogens is 3. The van der Waals surface area contributed by atoms with Crippen LogP contribution in [0.4, 0.5) is 5.69 Å². The van der Waals surface area contributed by atoms with Crippen LogP contribution in [-0.2, 0) is 6.54 Å². The summed E-state index contributed by atoms with van der Waals surface area (Å²) in [6.45, 7) is 0.717. The third-order valence-corrected chi connectivity index (χ3v) is 3.74. The molecule has 0 aliphatic rings. The Labute approximate surface area is 120 Å². The predicted molar refractivity (Wildman–Crippen MR) is 77.7 cm³/mol. The molecule has 98 valence electrons. The summed E-state index contributed by atoms with van der Waals surface area (Å²) in [6.07, 6.45) is 3.17. The molecule has 0 saturated carbocycles. The van der Waals surface area contributed by atoms with Gasteiger partial charge in [0, 0.05) is 22.5 Å². The summed E-state index contributed by atoms with van der Waals surface area (Å²) in [5.74, 6) is 0. The average molecular weight is 281 g/mol. The fourth-order valence-corrected chi connectivity index (χ4v) is 2.54. The minimum Gasteiger partial charge on any atom is -0.380 e. The summed E-state index contributed by atoms with van der Waals surface area (Å²) in [5, 5.41) is 18.1. The van der Waals surface area contributed by atoms with Crippen LogP contribution >= 0.6 is 11.3 Å². The van der Waals surface area contributed by atoms with E-state index in [-0.39, 0.29) is 0 Å². The lowest BCUT2D eigenvalue weighted by atomic mass is 10.2. The molecule has 0 atom stereocenters. The molecule has 3 aromatic rings. The van der Waals surface area contributed by atoms with Crippen LogP contribution in [0.5, 0.6) is 0 Å².